The molecule has 1 aliphatic rings. The summed E-state index contributed by atoms with van der Waals surface area (Å²) < 4.78 is 5.28. The van der Waals surface area contributed by atoms with E-state index in [4.69, 9.17) is 9.72 Å². The highest BCUT2D eigenvalue weighted by atomic mass is 16.5. The van der Waals surface area contributed by atoms with Crippen molar-refractivity contribution in [1.82, 2.24) is 10.3 Å². The number of rotatable bonds is 5. The molecule has 3 aromatic rings. The molecule has 0 spiro atoms. The number of carbonyl (C=O) groups is 1. The fourth-order valence-electron chi connectivity index (χ4n) is 4.37. The van der Waals surface area contributed by atoms with Crippen LogP contribution in [0.3, 0.4) is 0 Å². The van der Waals surface area contributed by atoms with Gasteiger partial charge in [-0.1, -0.05) is 26.8 Å². The lowest BCUT2D eigenvalue weighted by Crippen LogP contribution is -2.37. The molecule has 1 saturated carbocycles. The number of hydrogen-bond donors (Lipinski definition) is 1. The maximum absolute atomic E-state index is 13.4. The van der Waals surface area contributed by atoms with Gasteiger partial charge in [0.1, 0.15) is 5.75 Å². The second kappa shape index (κ2) is 9.09. The van der Waals surface area contributed by atoms with E-state index in [1.165, 1.54) is 18.4 Å². The predicted octanol–water partition coefficient (Wildman–Crippen LogP) is 6.34. The molecule has 0 radical (unpaired) electrons. The van der Waals surface area contributed by atoms with Crippen molar-refractivity contribution in [3.63, 3.8) is 0 Å². The highest BCUT2D eigenvalue weighted by Crippen LogP contribution is 2.30. The van der Waals surface area contributed by atoms with Crippen molar-refractivity contribution in [2.45, 2.75) is 58.4 Å². The van der Waals surface area contributed by atoms with Gasteiger partial charge < -0.3 is 10.1 Å². The lowest BCUT2D eigenvalue weighted by molar-refractivity contribution is 0.0924. The van der Waals surface area contributed by atoms with Gasteiger partial charge >= 0.3 is 0 Å². The summed E-state index contributed by atoms with van der Waals surface area (Å²) in [7, 11) is 1.66. The largest absolute Gasteiger partial charge is 0.497 e. The zero-order valence-corrected chi connectivity index (χ0v) is 18.9. The summed E-state index contributed by atoms with van der Waals surface area (Å²) in [6.45, 7) is 6.63. The van der Waals surface area contributed by atoms with Crippen molar-refractivity contribution in [2.24, 2.45) is 5.92 Å². The van der Waals surface area contributed by atoms with Gasteiger partial charge in [-0.2, -0.15) is 0 Å². The minimum absolute atomic E-state index is 0.00243. The number of methoxy groups -OCH3 is 1. The summed E-state index contributed by atoms with van der Waals surface area (Å²) >= 11 is 0. The quantitative estimate of drug-likeness (QED) is 0.528. The van der Waals surface area contributed by atoms with Crippen molar-refractivity contribution in [3.8, 4) is 17.0 Å². The van der Waals surface area contributed by atoms with Crippen LogP contribution in [0.5, 0.6) is 5.75 Å². The van der Waals surface area contributed by atoms with Crippen LogP contribution in [-0.4, -0.2) is 24.0 Å². The summed E-state index contributed by atoms with van der Waals surface area (Å²) in [5.41, 5.74) is 4.54. The number of nitrogens with one attached hydrogen (secondary N) is 1. The standard InChI is InChI=1S/C27H32N2O2/c1-17(2)20-9-14-25-23(15-20)24(27(30)28-21-10-5-18(3)6-11-21)16-26(29-25)19-7-12-22(31-4)13-8-19/h7-9,12-18,21H,5-6,10-11H2,1-4H3,(H,28,30). The second-order valence-electron chi connectivity index (χ2n) is 9.15. The summed E-state index contributed by atoms with van der Waals surface area (Å²) in [5.74, 6) is 1.95. The van der Waals surface area contributed by atoms with E-state index in [0.717, 1.165) is 46.7 Å². The first-order valence-electron chi connectivity index (χ1n) is 11.3. The third-order valence-corrected chi connectivity index (χ3v) is 6.48. The Balaban J connectivity index is 1.75. The maximum Gasteiger partial charge on any atom is 0.252 e. The topological polar surface area (TPSA) is 51.2 Å². The zero-order chi connectivity index (χ0) is 22.0. The van der Waals surface area contributed by atoms with E-state index < -0.39 is 0 Å². The number of carbonyl (C=O) groups excluding carboxylic acids is 1. The highest BCUT2D eigenvalue weighted by Gasteiger charge is 2.22. The van der Waals surface area contributed by atoms with Crippen LogP contribution in [0.4, 0.5) is 0 Å². The third kappa shape index (κ3) is 4.73. The third-order valence-electron chi connectivity index (χ3n) is 6.48. The molecule has 1 N–H and O–H groups in total. The molecular formula is C27H32N2O2. The van der Waals surface area contributed by atoms with E-state index in [0.29, 0.717) is 11.5 Å². The Bertz CT molecular complexity index is 1060. The van der Waals surface area contributed by atoms with E-state index in [2.05, 4.69) is 38.2 Å². The number of hydrogen-bond acceptors (Lipinski definition) is 3. The molecule has 0 atom stereocenters. The maximum atomic E-state index is 13.4. The zero-order valence-electron chi connectivity index (χ0n) is 18.9. The Morgan fingerprint density at radius 1 is 1.03 bits per heavy atom. The number of ether oxygens (including phenoxy) is 1. The molecule has 31 heavy (non-hydrogen) atoms. The summed E-state index contributed by atoms with van der Waals surface area (Å²) in [6.07, 6.45) is 4.46. The normalized spacial score (nSPS) is 18.9. The van der Waals surface area contributed by atoms with Gasteiger partial charge in [0.25, 0.3) is 5.91 Å². The van der Waals surface area contributed by atoms with Gasteiger partial charge in [-0.05, 0) is 85.5 Å². The molecular weight excluding hydrogens is 384 g/mol. The molecule has 0 bridgehead atoms. The molecule has 1 fully saturated rings. The average molecular weight is 417 g/mol. The molecule has 2 aromatic carbocycles. The summed E-state index contributed by atoms with van der Waals surface area (Å²) in [4.78, 5) is 18.3. The van der Waals surface area contributed by atoms with Crippen molar-refractivity contribution in [3.05, 3.63) is 59.7 Å². The number of amides is 1. The molecule has 4 rings (SSSR count). The van der Waals surface area contributed by atoms with E-state index in [-0.39, 0.29) is 11.9 Å². The molecule has 0 unspecified atom stereocenters. The second-order valence-corrected chi connectivity index (χ2v) is 9.15. The van der Waals surface area contributed by atoms with Crippen molar-refractivity contribution in [2.75, 3.05) is 7.11 Å². The van der Waals surface area contributed by atoms with Crippen molar-refractivity contribution in [1.29, 1.82) is 0 Å². The predicted molar refractivity (Wildman–Crippen MR) is 127 cm³/mol. The first-order valence-corrected chi connectivity index (χ1v) is 11.3. The lowest BCUT2D eigenvalue weighted by Gasteiger charge is -2.27. The molecule has 0 aliphatic heterocycles. The van der Waals surface area contributed by atoms with Gasteiger partial charge in [-0.3, -0.25) is 4.79 Å². The fraction of sp³-hybridized carbons (Fsp3) is 0.407. The molecule has 4 heteroatoms. The van der Waals surface area contributed by atoms with E-state index >= 15 is 0 Å². The number of pyridine rings is 1. The number of aromatic nitrogens is 1. The molecule has 1 heterocycles. The molecule has 1 aromatic heterocycles. The van der Waals surface area contributed by atoms with E-state index in [1.807, 2.05) is 36.4 Å². The number of nitrogens with zero attached hydrogens (tertiary/aromatic N) is 1. The Labute approximate surface area is 185 Å². The molecule has 1 aliphatic carbocycles. The van der Waals surface area contributed by atoms with Gasteiger partial charge in [-0.15, -0.1) is 0 Å². The fourth-order valence-corrected chi connectivity index (χ4v) is 4.37. The van der Waals surface area contributed by atoms with Crippen molar-refractivity contribution < 1.29 is 9.53 Å². The average Bonchev–Trinajstić information content (AvgIpc) is 2.79. The van der Waals surface area contributed by atoms with Crippen LogP contribution >= 0.6 is 0 Å². The van der Waals surface area contributed by atoms with Crippen molar-refractivity contribution >= 4 is 16.8 Å². The van der Waals surface area contributed by atoms with Crippen LogP contribution in [-0.2, 0) is 0 Å². The monoisotopic (exact) mass is 416 g/mol. The molecule has 162 valence electrons. The van der Waals surface area contributed by atoms with E-state index in [9.17, 15) is 4.79 Å². The SMILES string of the molecule is COc1ccc(-c2cc(C(=O)NC3CCC(C)CC3)c3cc(C(C)C)ccc3n2)cc1. The summed E-state index contributed by atoms with van der Waals surface area (Å²) in [6, 6.07) is 16.3. The first kappa shape index (κ1) is 21.4. The van der Waals surface area contributed by atoms with Gasteiger partial charge in [-0.25, -0.2) is 4.98 Å². The smallest absolute Gasteiger partial charge is 0.252 e. The Kier molecular flexibility index (Phi) is 6.26. The van der Waals surface area contributed by atoms with Crippen LogP contribution in [0.25, 0.3) is 22.2 Å². The molecule has 1 amide bonds. The molecule has 4 nitrogen and oxygen atoms in total. The van der Waals surface area contributed by atoms with Crippen LogP contribution in [0.2, 0.25) is 0 Å². The number of fused-ring (bicyclic) bond motifs is 1. The lowest BCUT2D eigenvalue weighted by atomic mass is 9.87. The summed E-state index contributed by atoms with van der Waals surface area (Å²) in [5, 5.41) is 4.23. The van der Waals surface area contributed by atoms with Crippen LogP contribution in [0.1, 0.15) is 68.3 Å². The van der Waals surface area contributed by atoms with Gasteiger partial charge in [0.15, 0.2) is 0 Å². The van der Waals surface area contributed by atoms with E-state index in [1.54, 1.807) is 7.11 Å². The highest BCUT2D eigenvalue weighted by molar-refractivity contribution is 6.07. The van der Waals surface area contributed by atoms with Gasteiger partial charge in [0, 0.05) is 17.0 Å². The Hall–Kier alpha value is -2.88. The Morgan fingerprint density at radius 2 is 1.74 bits per heavy atom. The Morgan fingerprint density at radius 3 is 2.39 bits per heavy atom. The van der Waals surface area contributed by atoms with Gasteiger partial charge in [0.05, 0.1) is 23.9 Å². The van der Waals surface area contributed by atoms with Crippen LogP contribution in [0, 0.1) is 5.92 Å². The van der Waals surface area contributed by atoms with Crippen LogP contribution in [0.15, 0.2) is 48.5 Å². The first-order chi connectivity index (χ1) is 14.9. The number of benzene rings is 2. The minimum atomic E-state index is 0.00243. The molecule has 0 saturated heterocycles. The van der Waals surface area contributed by atoms with Crippen LogP contribution < -0.4 is 10.1 Å². The minimum Gasteiger partial charge on any atom is -0.497 e. The van der Waals surface area contributed by atoms with Gasteiger partial charge in [0.2, 0.25) is 0 Å².